The Morgan fingerprint density at radius 2 is 1.55 bits per heavy atom. The zero-order valence-electron chi connectivity index (χ0n) is 18.2. The Kier molecular flexibility index (Phi) is 8.58. The highest BCUT2D eigenvalue weighted by Gasteiger charge is 2.22. The fraction of sp³-hybridized carbons (Fsp3) is 0.364. The fourth-order valence-corrected chi connectivity index (χ4v) is 4.05. The SMILES string of the molecule is COc1ccc(C(CNC(=O)CS(=O)(=O)CC(=O)Nc2ccc(C)cc2)N(C)C)cc1. The Hall–Kier alpha value is -2.91. The summed E-state index contributed by atoms with van der Waals surface area (Å²) in [6, 6.07) is 14.3. The number of sulfone groups is 1. The van der Waals surface area contributed by atoms with Gasteiger partial charge in [-0.2, -0.15) is 0 Å². The van der Waals surface area contributed by atoms with Gasteiger partial charge in [-0.05, 0) is 50.8 Å². The van der Waals surface area contributed by atoms with Crippen molar-refractivity contribution < 1.29 is 22.7 Å². The van der Waals surface area contributed by atoms with Crippen molar-refractivity contribution in [1.82, 2.24) is 10.2 Å². The summed E-state index contributed by atoms with van der Waals surface area (Å²) in [6.45, 7) is 2.13. The van der Waals surface area contributed by atoms with Gasteiger partial charge in [-0.15, -0.1) is 0 Å². The minimum Gasteiger partial charge on any atom is -0.497 e. The molecule has 2 aromatic rings. The highest BCUT2D eigenvalue weighted by molar-refractivity contribution is 7.92. The van der Waals surface area contributed by atoms with E-state index in [0.29, 0.717) is 5.69 Å². The topological polar surface area (TPSA) is 105 Å². The standard InChI is InChI=1S/C22H29N3O5S/c1-16-5-9-18(10-6-16)24-22(27)15-31(28,29)14-21(26)23-13-20(25(2)3)17-7-11-19(30-4)12-8-17/h5-12,20H,13-15H2,1-4H3,(H,23,26)(H,24,27). The molecule has 2 aromatic carbocycles. The van der Waals surface area contributed by atoms with Crippen LogP contribution in [0.1, 0.15) is 17.2 Å². The van der Waals surface area contributed by atoms with Gasteiger partial charge in [-0.1, -0.05) is 29.8 Å². The first kappa shape index (κ1) is 24.4. The van der Waals surface area contributed by atoms with Gasteiger partial charge in [0.2, 0.25) is 11.8 Å². The smallest absolute Gasteiger partial charge is 0.239 e. The van der Waals surface area contributed by atoms with Crippen molar-refractivity contribution in [3.8, 4) is 5.75 Å². The van der Waals surface area contributed by atoms with Gasteiger partial charge in [0.1, 0.15) is 17.3 Å². The Morgan fingerprint density at radius 3 is 2.10 bits per heavy atom. The van der Waals surface area contributed by atoms with E-state index in [1.165, 1.54) is 0 Å². The van der Waals surface area contributed by atoms with Crippen molar-refractivity contribution in [2.75, 3.05) is 44.6 Å². The van der Waals surface area contributed by atoms with Crippen LogP contribution in [-0.4, -0.2) is 64.4 Å². The number of benzene rings is 2. The van der Waals surface area contributed by atoms with Crippen molar-refractivity contribution in [3.05, 3.63) is 59.7 Å². The molecule has 31 heavy (non-hydrogen) atoms. The number of rotatable bonds is 10. The molecular weight excluding hydrogens is 418 g/mol. The minimum absolute atomic E-state index is 0.151. The average Bonchev–Trinajstić information content (AvgIpc) is 2.69. The molecule has 8 nitrogen and oxygen atoms in total. The van der Waals surface area contributed by atoms with E-state index in [1.807, 2.05) is 62.3 Å². The molecular formula is C22H29N3O5S. The van der Waals surface area contributed by atoms with Crippen LogP contribution in [0.25, 0.3) is 0 Å². The summed E-state index contributed by atoms with van der Waals surface area (Å²) in [5, 5.41) is 5.18. The quantitative estimate of drug-likeness (QED) is 0.575. The fourth-order valence-electron chi connectivity index (χ4n) is 2.97. The number of ether oxygens (including phenoxy) is 1. The van der Waals surface area contributed by atoms with Crippen LogP contribution in [0.2, 0.25) is 0 Å². The number of nitrogens with zero attached hydrogens (tertiary/aromatic N) is 1. The van der Waals surface area contributed by atoms with E-state index < -0.39 is 33.2 Å². The number of carbonyl (C=O) groups is 2. The van der Waals surface area contributed by atoms with Gasteiger partial charge < -0.3 is 20.3 Å². The van der Waals surface area contributed by atoms with Crippen LogP contribution in [0, 0.1) is 6.92 Å². The van der Waals surface area contributed by atoms with Crippen molar-refractivity contribution in [2.24, 2.45) is 0 Å². The van der Waals surface area contributed by atoms with Gasteiger partial charge in [0.05, 0.1) is 13.2 Å². The van der Waals surface area contributed by atoms with Crippen LogP contribution in [0.5, 0.6) is 5.75 Å². The third kappa shape index (κ3) is 8.03. The van der Waals surface area contributed by atoms with E-state index in [4.69, 9.17) is 4.74 Å². The lowest BCUT2D eigenvalue weighted by atomic mass is 10.1. The highest BCUT2D eigenvalue weighted by Crippen LogP contribution is 2.20. The van der Waals surface area contributed by atoms with Crippen LogP contribution < -0.4 is 15.4 Å². The Labute approximate surface area is 183 Å². The molecule has 0 bridgehead atoms. The number of hydrogen-bond donors (Lipinski definition) is 2. The molecule has 0 aliphatic rings. The lowest BCUT2D eigenvalue weighted by molar-refractivity contribution is -0.118. The molecule has 0 aromatic heterocycles. The number of anilines is 1. The number of aryl methyl sites for hydroxylation is 1. The van der Waals surface area contributed by atoms with E-state index in [1.54, 1.807) is 19.2 Å². The monoisotopic (exact) mass is 447 g/mol. The van der Waals surface area contributed by atoms with Crippen LogP contribution in [-0.2, 0) is 19.4 Å². The second-order valence-corrected chi connectivity index (χ2v) is 9.57. The molecule has 0 saturated heterocycles. The lowest BCUT2D eigenvalue weighted by Gasteiger charge is -2.25. The molecule has 0 heterocycles. The molecule has 1 unspecified atom stereocenters. The van der Waals surface area contributed by atoms with Crippen molar-refractivity contribution in [1.29, 1.82) is 0 Å². The molecule has 0 aliphatic heterocycles. The van der Waals surface area contributed by atoms with Gasteiger partial charge in [-0.3, -0.25) is 9.59 Å². The van der Waals surface area contributed by atoms with Crippen LogP contribution in [0.4, 0.5) is 5.69 Å². The second-order valence-electron chi connectivity index (χ2n) is 7.50. The molecule has 1 atom stereocenters. The molecule has 0 radical (unpaired) electrons. The zero-order chi connectivity index (χ0) is 23.0. The number of likely N-dealkylation sites (N-methyl/N-ethyl adjacent to an activating group) is 1. The Bertz CT molecular complexity index is 987. The number of nitrogens with one attached hydrogen (secondary N) is 2. The van der Waals surface area contributed by atoms with E-state index >= 15 is 0 Å². The average molecular weight is 448 g/mol. The Morgan fingerprint density at radius 1 is 0.968 bits per heavy atom. The first-order valence-electron chi connectivity index (χ1n) is 9.73. The van der Waals surface area contributed by atoms with E-state index in [-0.39, 0.29) is 12.6 Å². The predicted molar refractivity (Wildman–Crippen MR) is 121 cm³/mol. The molecule has 0 aliphatic carbocycles. The molecule has 0 saturated carbocycles. The third-order valence-electron chi connectivity index (χ3n) is 4.65. The summed E-state index contributed by atoms with van der Waals surface area (Å²) in [5.41, 5.74) is 2.47. The zero-order valence-corrected chi connectivity index (χ0v) is 19.0. The number of methoxy groups -OCH3 is 1. The van der Waals surface area contributed by atoms with Gasteiger partial charge in [-0.25, -0.2) is 8.42 Å². The summed E-state index contributed by atoms with van der Waals surface area (Å²) in [5.74, 6) is -2.12. The van der Waals surface area contributed by atoms with Gasteiger partial charge in [0.15, 0.2) is 9.84 Å². The second kappa shape index (κ2) is 10.9. The van der Waals surface area contributed by atoms with Gasteiger partial charge in [0.25, 0.3) is 0 Å². The summed E-state index contributed by atoms with van der Waals surface area (Å²) in [4.78, 5) is 26.2. The van der Waals surface area contributed by atoms with Gasteiger partial charge in [0, 0.05) is 12.2 Å². The third-order valence-corrected chi connectivity index (χ3v) is 6.06. The summed E-state index contributed by atoms with van der Waals surface area (Å²) in [6.07, 6.45) is 0. The van der Waals surface area contributed by atoms with E-state index in [0.717, 1.165) is 16.9 Å². The summed E-state index contributed by atoms with van der Waals surface area (Å²) >= 11 is 0. The summed E-state index contributed by atoms with van der Waals surface area (Å²) in [7, 11) is 1.42. The molecule has 2 rings (SSSR count). The van der Waals surface area contributed by atoms with E-state index in [2.05, 4.69) is 10.6 Å². The highest BCUT2D eigenvalue weighted by atomic mass is 32.2. The van der Waals surface area contributed by atoms with Crippen molar-refractivity contribution >= 4 is 27.3 Å². The summed E-state index contributed by atoms with van der Waals surface area (Å²) < 4.78 is 29.7. The predicted octanol–water partition coefficient (Wildman–Crippen LogP) is 1.78. The normalized spacial score (nSPS) is 12.3. The minimum atomic E-state index is -3.90. The lowest BCUT2D eigenvalue weighted by Crippen LogP contribution is -2.38. The molecule has 0 fully saturated rings. The molecule has 9 heteroatoms. The number of hydrogen-bond acceptors (Lipinski definition) is 6. The van der Waals surface area contributed by atoms with Gasteiger partial charge >= 0.3 is 0 Å². The maximum absolute atomic E-state index is 12.3. The molecule has 168 valence electrons. The van der Waals surface area contributed by atoms with Crippen LogP contribution >= 0.6 is 0 Å². The molecule has 0 spiro atoms. The molecule has 2 N–H and O–H groups in total. The molecule has 2 amide bonds. The number of carbonyl (C=O) groups excluding carboxylic acids is 2. The maximum Gasteiger partial charge on any atom is 0.239 e. The first-order chi connectivity index (χ1) is 14.6. The van der Waals surface area contributed by atoms with E-state index in [9.17, 15) is 18.0 Å². The maximum atomic E-state index is 12.3. The first-order valence-corrected chi connectivity index (χ1v) is 11.6. The van der Waals surface area contributed by atoms with Crippen LogP contribution in [0.15, 0.2) is 48.5 Å². The Balaban J connectivity index is 1.89. The van der Waals surface area contributed by atoms with Crippen LogP contribution in [0.3, 0.4) is 0 Å². The van der Waals surface area contributed by atoms with Crippen molar-refractivity contribution in [3.63, 3.8) is 0 Å². The van der Waals surface area contributed by atoms with Crippen molar-refractivity contribution in [2.45, 2.75) is 13.0 Å². The largest absolute Gasteiger partial charge is 0.497 e. The number of amides is 2.